The first-order chi connectivity index (χ1) is 9.27. The molecule has 0 aliphatic rings. The molecule has 0 heterocycles. The summed E-state index contributed by atoms with van der Waals surface area (Å²) in [5.41, 5.74) is 2.53. The zero-order valence-corrected chi connectivity index (χ0v) is 13.9. The van der Waals surface area contributed by atoms with Crippen LogP contribution >= 0.6 is 0 Å². The highest BCUT2D eigenvalue weighted by Crippen LogP contribution is 2.24. The van der Waals surface area contributed by atoms with E-state index in [1.807, 2.05) is 39.8 Å². The van der Waals surface area contributed by atoms with Gasteiger partial charge in [0.2, 0.25) is 10.0 Å². The first-order valence-electron chi connectivity index (χ1n) is 7.12. The van der Waals surface area contributed by atoms with Crippen molar-refractivity contribution in [3.05, 3.63) is 23.3 Å². The number of benzene rings is 1. The number of sulfonamides is 1. The smallest absolute Gasteiger partial charge is 0.241 e. The third-order valence-corrected chi connectivity index (χ3v) is 4.72. The van der Waals surface area contributed by atoms with Gasteiger partial charge in [0.1, 0.15) is 0 Å². The normalized spacial score (nSPS) is 11.9. The van der Waals surface area contributed by atoms with Crippen molar-refractivity contribution in [3.63, 3.8) is 0 Å². The van der Waals surface area contributed by atoms with Crippen molar-refractivity contribution in [2.24, 2.45) is 5.92 Å². The Balaban J connectivity index is 3.07. The maximum absolute atomic E-state index is 12.4. The molecule has 0 saturated heterocycles. The maximum atomic E-state index is 12.4. The highest BCUT2D eigenvalue weighted by molar-refractivity contribution is 7.89. The summed E-state index contributed by atoms with van der Waals surface area (Å²) in [6.07, 6.45) is 1.04. The fraction of sp³-hybridized carbons (Fsp3) is 0.600. The predicted octanol–water partition coefficient (Wildman–Crippen LogP) is 3.06. The lowest BCUT2D eigenvalue weighted by molar-refractivity contribution is 0.559. The van der Waals surface area contributed by atoms with E-state index in [-0.39, 0.29) is 5.92 Å². The summed E-state index contributed by atoms with van der Waals surface area (Å²) in [6.45, 7) is 11.1. The Bertz CT molecular complexity index is 528. The molecule has 0 aromatic heterocycles. The van der Waals surface area contributed by atoms with E-state index in [1.54, 1.807) is 0 Å². The Labute approximate surface area is 123 Å². The van der Waals surface area contributed by atoms with E-state index in [2.05, 4.69) is 17.0 Å². The standard InChI is InChI=1S/C15H26N2O2S/c1-6-7-16-14-8-12(4)15(13(5)9-14)20(18,19)17-10-11(2)3/h8-9,11,16-17H,6-7,10H2,1-5H3. The number of anilines is 1. The molecular formula is C15H26N2O2S. The average molecular weight is 298 g/mol. The third kappa shape index (κ3) is 4.49. The molecule has 0 spiro atoms. The van der Waals surface area contributed by atoms with E-state index in [0.717, 1.165) is 29.8 Å². The van der Waals surface area contributed by atoms with Gasteiger partial charge in [-0.05, 0) is 49.4 Å². The van der Waals surface area contributed by atoms with Crippen molar-refractivity contribution in [3.8, 4) is 0 Å². The summed E-state index contributed by atoms with van der Waals surface area (Å²) in [5, 5.41) is 3.29. The number of rotatable bonds is 7. The van der Waals surface area contributed by atoms with Crippen LogP contribution in [0.25, 0.3) is 0 Å². The van der Waals surface area contributed by atoms with Crippen LogP contribution in [-0.4, -0.2) is 21.5 Å². The Morgan fingerprint density at radius 2 is 1.70 bits per heavy atom. The minimum Gasteiger partial charge on any atom is -0.385 e. The van der Waals surface area contributed by atoms with Gasteiger partial charge in [0.25, 0.3) is 0 Å². The second-order valence-electron chi connectivity index (χ2n) is 5.61. The molecule has 0 aliphatic heterocycles. The fourth-order valence-corrected chi connectivity index (χ4v) is 3.76. The lowest BCUT2D eigenvalue weighted by Gasteiger charge is -2.15. The maximum Gasteiger partial charge on any atom is 0.241 e. The molecule has 1 aromatic rings. The molecule has 1 aromatic carbocycles. The summed E-state index contributed by atoms with van der Waals surface area (Å²) in [7, 11) is -3.43. The molecule has 2 N–H and O–H groups in total. The van der Waals surface area contributed by atoms with Gasteiger partial charge in [-0.25, -0.2) is 13.1 Å². The van der Waals surface area contributed by atoms with E-state index in [9.17, 15) is 8.42 Å². The highest BCUT2D eigenvalue weighted by Gasteiger charge is 2.20. The minimum atomic E-state index is -3.43. The summed E-state index contributed by atoms with van der Waals surface area (Å²) in [6, 6.07) is 3.79. The average Bonchev–Trinajstić information content (AvgIpc) is 2.33. The van der Waals surface area contributed by atoms with Crippen LogP contribution in [0.3, 0.4) is 0 Å². The summed E-state index contributed by atoms with van der Waals surface area (Å²) in [4.78, 5) is 0.403. The summed E-state index contributed by atoms with van der Waals surface area (Å²) >= 11 is 0. The van der Waals surface area contributed by atoms with Gasteiger partial charge in [-0.2, -0.15) is 0 Å². The van der Waals surface area contributed by atoms with Crippen LogP contribution in [0.4, 0.5) is 5.69 Å². The van der Waals surface area contributed by atoms with Gasteiger partial charge in [0.05, 0.1) is 4.90 Å². The van der Waals surface area contributed by atoms with Crippen molar-refractivity contribution in [1.82, 2.24) is 4.72 Å². The molecule has 0 radical (unpaired) electrons. The highest BCUT2D eigenvalue weighted by atomic mass is 32.2. The molecule has 0 aliphatic carbocycles. The van der Waals surface area contributed by atoms with Crippen LogP contribution in [-0.2, 0) is 10.0 Å². The minimum absolute atomic E-state index is 0.288. The monoisotopic (exact) mass is 298 g/mol. The van der Waals surface area contributed by atoms with Gasteiger partial charge in [0.15, 0.2) is 0 Å². The van der Waals surface area contributed by atoms with Gasteiger partial charge < -0.3 is 5.32 Å². The molecule has 0 bridgehead atoms. The zero-order chi connectivity index (χ0) is 15.3. The summed E-state index contributed by atoms with van der Waals surface area (Å²) < 4.78 is 27.4. The molecule has 0 atom stereocenters. The van der Waals surface area contributed by atoms with Crippen LogP contribution in [0.1, 0.15) is 38.3 Å². The first kappa shape index (κ1) is 17.0. The molecule has 5 heteroatoms. The molecule has 20 heavy (non-hydrogen) atoms. The molecule has 0 saturated carbocycles. The van der Waals surface area contributed by atoms with E-state index in [1.165, 1.54) is 0 Å². The topological polar surface area (TPSA) is 58.2 Å². The van der Waals surface area contributed by atoms with E-state index in [4.69, 9.17) is 0 Å². The van der Waals surface area contributed by atoms with E-state index >= 15 is 0 Å². The van der Waals surface area contributed by atoms with Gasteiger partial charge in [-0.1, -0.05) is 20.8 Å². The fourth-order valence-electron chi connectivity index (χ4n) is 2.09. The number of hydrogen-bond donors (Lipinski definition) is 2. The van der Waals surface area contributed by atoms with Crippen molar-refractivity contribution in [1.29, 1.82) is 0 Å². The number of hydrogen-bond acceptors (Lipinski definition) is 3. The molecule has 0 unspecified atom stereocenters. The third-order valence-electron chi connectivity index (χ3n) is 2.99. The van der Waals surface area contributed by atoms with E-state index < -0.39 is 10.0 Å². The Kier molecular flexibility index (Phi) is 6.02. The summed E-state index contributed by atoms with van der Waals surface area (Å²) in [5.74, 6) is 0.288. The van der Waals surface area contributed by atoms with Crippen molar-refractivity contribution in [2.75, 3.05) is 18.4 Å². The van der Waals surface area contributed by atoms with E-state index in [0.29, 0.717) is 11.4 Å². The Hall–Kier alpha value is -1.07. The second-order valence-corrected chi connectivity index (χ2v) is 7.32. The predicted molar refractivity (Wildman–Crippen MR) is 84.7 cm³/mol. The van der Waals surface area contributed by atoms with Crippen LogP contribution in [0.2, 0.25) is 0 Å². The lowest BCUT2D eigenvalue weighted by Crippen LogP contribution is -2.28. The lowest BCUT2D eigenvalue weighted by atomic mass is 10.1. The number of aryl methyl sites for hydroxylation is 2. The van der Waals surface area contributed by atoms with Gasteiger partial charge in [-0.15, -0.1) is 0 Å². The first-order valence-corrected chi connectivity index (χ1v) is 8.61. The SMILES string of the molecule is CCCNc1cc(C)c(S(=O)(=O)NCC(C)C)c(C)c1. The van der Waals surface area contributed by atoms with Crippen molar-refractivity contribution in [2.45, 2.75) is 45.9 Å². The van der Waals surface area contributed by atoms with Crippen molar-refractivity contribution < 1.29 is 8.42 Å². The molecule has 114 valence electrons. The van der Waals surface area contributed by atoms with Crippen LogP contribution in [0.5, 0.6) is 0 Å². The van der Waals surface area contributed by atoms with Gasteiger partial charge in [-0.3, -0.25) is 0 Å². The largest absolute Gasteiger partial charge is 0.385 e. The molecule has 4 nitrogen and oxygen atoms in total. The Morgan fingerprint density at radius 3 is 2.15 bits per heavy atom. The van der Waals surface area contributed by atoms with Crippen LogP contribution in [0, 0.1) is 19.8 Å². The van der Waals surface area contributed by atoms with Crippen molar-refractivity contribution >= 4 is 15.7 Å². The Morgan fingerprint density at radius 1 is 1.15 bits per heavy atom. The number of nitrogens with one attached hydrogen (secondary N) is 2. The van der Waals surface area contributed by atoms with Gasteiger partial charge in [0, 0.05) is 18.8 Å². The van der Waals surface area contributed by atoms with Gasteiger partial charge >= 0.3 is 0 Å². The quantitative estimate of drug-likeness (QED) is 0.813. The molecular weight excluding hydrogens is 272 g/mol. The second kappa shape index (κ2) is 7.09. The van der Waals surface area contributed by atoms with Crippen LogP contribution < -0.4 is 10.0 Å². The molecule has 0 amide bonds. The zero-order valence-electron chi connectivity index (χ0n) is 13.1. The molecule has 0 fully saturated rings. The molecule has 1 rings (SSSR count). The van der Waals surface area contributed by atoms with Crippen LogP contribution in [0.15, 0.2) is 17.0 Å².